The molecule has 1 atom stereocenters. The molecule has 149 valence electrons. The molecule has 0 spiro atoms. The smallest absolute Gasteiger partial charge is 0.0471 e. The van der Waals surface area contributed by atoms with E-state index in [4.69, 9.17) is 0 Å². The maximum Gasteiger partial charge on any atom is 0.0471 e. The third kappa shape index (κ3) is 2.66. The van der Waals surface area contributed by atoms with Crippen LogP contribution in [0.4, 0.5) is 22.7 Å². The van der Waals surface area contributed by atoms with Crippen molar-refractivity contribution in [2.24, 2.45) is 0 Å². The van der Waals surface area contributed by atoms with Crippen LogP contribution in [-0.4, -0.2) is 24.1 Å². The number of hydrogen-bond acceptors (Lipinski definition) is 4. The second-order valence-electron chi connectivity index (χ2n) is 7.29. The number of aromatic nitrogens is 2. The Balaban J connectivity index is 0.00000193. The summed E-state index contributed by atoms with van der Waals surface area (Å²) in [6, 6.07) is 23.4. The number of para-hydroxylation sites is 2. The molecule has 3 heterocycles. The zero-order chi connectivity index (χ0) is 19.5. The van der Waals surface area contributed by atoms with Gasteiger partial charge < -0.3 is 14.8 Å². The number of benzene rings is 3. The summed E-state index contributed by atoms with van der Waals surface area (Å²) in [5.41, 5.74) is 6.70. The molecule has 0 fully saturated rings. The molecule has 1 aromatic heterocycles. The van der Waals surface area contributed by atoms with Crippen LogP contribution in [0.1, 0.15) is 0 Å². The number of fused-ring (bicyclic) bond motifs is 4. The summed E-state index contributed by atoms with van der Waals surface area (Å²) in [4.78, 5) is 13.4. The molecule has 0 aliphatic carbocycles. The Hall–Kier alpha value is -2.58. The molecular weight excluding hydrogens is 567 g/mol. The zero-order valence-corrected chi connectivity index (χ0v) is 19.8. The second-order valence-corrected chi connectivity index (χ2v) is 9.37. The quantitative estimate of drug-likeness (QED) is 0.251. The molecule has 0 saturated heterocycles. The van der Waals surface area contributed by atoms with Gasteiger partial charge in [0.05, 0.1) is 0 Å². The van der Waals surface area contributed by atoms with Gasteiger partial charge in [0.15, 0.2) is 0 Å². The van der Waals surface area contributed by atoms with Gasteiger partial charge in [-0.25, -0.2) is 0 Å². The summed E-state index contributed by atoms with van der Waals surface area (Å²) in [6.07, 6.45) is 5.25. The first kappa shape index (κ1) is 19.4. The molecule has 1 radical (unpaired) electrons. The van der Waals surface area contributed by atoms with E-state index in [1.807, 2.05) is 0 Å². The maximum atomic E-state index is 4.52. The van der Waals surface area contributed by atoms with Crippen molar-refractivity contribution in [3.05, 3.63) is 79.3 Å². The summed E-state index contributed by atoms with van der Waals surface area (Å²) in [5, 5.41) is 4.18. The van der Waals surface area contributed by atoms with Crippen molar-refractivity contribution in [3.8, 4) is 11.3 Å². The van der Waals surface area contributed by atoms with Gasteiger partial charge in [0.1, 0.15) is 0 Å². The largest absolute Gasteiger partial charge is 0.361 e. The predicted octanol–water partition coefficient (Wildman–Crippen LogP) is 3.86. The maximum absolute atomic E-state index is 4.52. The van der Waals surface area contributed by atoms with Crippen LogP contribution in [-0.2, 0) is 20.1 Å². The van der Waals surface area contributed by atoms with E-state index < -0.39 is 7.92 Å². The summed E-state index contributed by atoms with van der Waals surface area (Å²) >= 11 is 0. The Kier molecular flexibility index (Phi) is 4.71. The molecule has 1 unspecified atom stereocenters. The van der Waals surface area contributed by atoms with Crippen molar-refractivity contribution in [2.45, 2.75) is 0 Å². The minimum absolute atomic E-state index is 0. The molecule has 30 heavy (non-hydrogen) atoms. The van der Waals surface area contributed by atoms with Crippen molar-refractivity contribution < 1.29 is 20.1 Å². The molecule has 6 rings (SSSR count). The van der Waals surface area contributed by atoms with Gasteiger partial charge in [0.2, 0.25) is 0 Å². The predicted molar refractivity (Wildman–Crippen MR) is 121 cm³/mol. The van der Waals surface area contributed by atoms with E-state index in [0.717, 1.165) is 16.9 Å². The monoisotopic (exact) mass is 586 g/mol. The van der Waals surface area contributed by atoms with Gasteiger partial charge in [-0.2, -0.15) is 0 Å². The normalized spacial score (nSPS) is 15.6. The summed E-state index contributed by atoms with van der Waals surface area (Å²) in [6.45, 7) is 0. The van der Waals surface area contributed by atoms with E-state index in [2.05, 4.69) is 94.5 Å². The third-order valence-electron chi connectivity index (χ3n) is 5.73. The summed E-state index contributed by atoms with van der Waals surface area (Å²) in [5.74, 6) is 0. The van der Waals surface area contributed by atoms with Crippen LogP contribution in [0.25, 0.3) is 11.3 Å². The van der Waals surface area contributed by atoms with Gasteiger partial charge in [-0.05, 0) is 47.3 Å². The number of anilines is 4. The van der Waals surface area contributed by atoms with Crippen LogP contribution < -0.4 is 25.7 Å². The van der Waals surface area contributed by atoms with Crippen molar-refractivity contribution >= 4 is 46.6 Å². The number of nitrogens with zero attached hydrogens (tertiary/aromatic N) is 4. The zero-order valence-electron chi connectivity index (χ0n) is 16.5. The molecule has 4 nitrogen and oxygen atoms in total. The van der Waals surface area contributed by atoms with Crippen LogP contribution in [0, 0.1) is 6.07 Å². The Bertz CT molecular complexity index is 1190. The Morgan fingerprint density at radius 1 is 0.833 bits per heavy atom. The first-order valence-corrected chi connectivity index (χ1v) is 10.9. The molecular formula is C24H18IrN4P-. The standard InChI is InChI=1S/C24H18N4P.Ir/c1-27-18-7-3-5-9-22(18)29-23-10-6-4-8-19(23)28(2)21-14-16(13-20(27)24(21)29)17-15-25-11-12-26-17;/h3-13,15H,1-2H3;/q-1;. The average Bonchev–Trinajstić information content (AvgIpc) is 2.79. The summed E-state index contributed by atoms with van der Waals surface area (Å²) < 4.78 is 0. The fraction of sp³-hybridized carbons (Fsp3) is 0.0833. The molecule has 0 amide bonds. The van der Waals surface area contributed by atoms with Crippen LogP contribution in [0.3, 0.4) is 0 Å². The van der Waals surface area contributed by atoms with Crippen LogP contribution in [0.2, 0.25) is 0 Å². The van der Waals surface area contributed by atoms with Gasteiger partial charge in [-0.3, -0.25) is 4.98 Å². The van der Waals surface area contributed by atoms with E-state index in [9.17, 15) is 0 Å². The molecule has 4 aromatic rings. The molecule has 0 N–H and O–H groups in total. The summed E-state index contributed by atoms with van der Waals surface area (Å²) in [7, 11) is 3.66. The molecule has 2 aliphatic heterocycles. The molecule has 6 heteroatoms. The van der Waals surface area contributed by atoms with E-state index in [1.54, 1.807) is 18.6 Å². The minimum Gasteiger partial charge on any atom is -0.361 e. The van der Waals surface area contributed by atoms with E-state index in [1.165, 1.54) is 33.0 Å². The molecule has 0 bridgehead atoms. The molecule has 3 aromatic carbocycles. The van der Waals surface area contributed by atoms with E-state index in [0.29, 0.717) is 0 Å². The van der Waals surface area contributed by atoms with Gasteiger partial charge >= 0.3 is 0 Å². The first-order chi connectivity index (χ1) is 14.2. The van der Waals surface area contributed by atoms with Crippen molar-refractivity contribution in [3.63, 3.8) is 0 Å². The number of rotatable bonds is 1. The van der Waals surface area contributed by atoms with Crippen molar-refractivity contribution in [1.29, 1.82) is 0 Å². The van der Waals surface area contributed by atoms with Gasteiger partial charge in [-0.15, -0.1) is 17.7 Å². The van der Waals surface area contributed by atoms with E-state index >= 15 is 0 Å². The molecule has 0 saturated carbocycles. The first-order valence-electron chi connectivity index (χ1n) is 9.56. The van der Waals surface area contributed by atoms with Crippen molar-refractivity contribution in [2.75, 3.05) is 23.9 Å². The fourth-order valence-electron chi connectivity index (χ4n) is 4.34. The van der Waals surface area contributed by atoms with E-state index in [-0.39, 0.29) is 20.1 Å². The fourth-order valence-corrected chi connectivity index (χ4v) is 7.32. The number of hydrogen-bond donors (Lipinski definition) is 0. The minimum atomic E-state index is -0.636. The Labute approximate surface area is 190 Å². The Morgan fingerprint density at radius 2 is 1.50 bits per heavy atom. The molecule has 2 aliphatic rings. The average molecular weight is 586 g/mol. The van der Waals surface area contributed by atoms with Gasteiger partial charge in [0, 0.05) is 69.9 Å². The second kappa shape index (κ2) is 7.28. The van der Waals surface area contributed by atoms with Gasteiger partial charge in [0.25, 0.3) is 0 Å². The third-order valence-corrected chi connectivity index (χ3v) is 8.34. The van der Waals surface area contributed by atoms with Crippen LogP contribution in [0.5, 0.6) is 0 Å². The Morgan fingerprint density at radius 3 is 2.17 bits per heavy atom. The van der Waals surface area contributed by atoms with Gasteiger partial charge in [-0.1, -0.05) is 36.4 Å². The van der Waals surface area contributed by atoms with Crippen molar-refractivity contribution in [1.82, 2.24) is 9.97 Å². The topological polar surface area (TPSA) is 32.3 Å². The van der Waals surface area contributed by atoms with Crippen LogP contribution in [0.15, 0.2) is 73.2 Å². The SMILES string of the molecule is CN1c2[c-]c(-c3cnccn3)cc3c2P(c2ccccc21)c1ccccc1N3C.[Ir]. The van der Waals surface area contributed by atoms with Crippen LogP contribution >= 0.6 is 7.92 Å².